The normalized spacial score (nSPS) is 16.7. The second kappa shape index (κ2) is 10.7. The van der Waals surface area contributed by atoms with E-state index in [-0.39, 0.29) is 12.8 Å². The zero-order valence-electron chi connectivity index (χ0n) is 16.8. The predicted octanol–water partition coefficient (Wildman–Crippen LogP) is 5.67. The molecular weight excluding hydrogens is 340 g/mol. The van der Waals surface area contributed by atoms with Crippen LogP contribution in [-0.2, 0) is 14.3 Å². The number of esters is 1. The average molecular weight is 370 g/mol. The SMILES string of the molecule is COCOc1ccccc1[C@H]1C=C(CC/C=C(\C)CCC=C(C)C)C(=O)O1. The molecular formula is C23H30O4. The third-order valence-electron chi connectivity index (χ3n) is 4.40. The van der Waals surface area contributed by atoms with Gasteiger partial charge in [0.1, 0.15) is 11.9 Å². The van der Waals surface area contributed by atoms with Crippen molar-refractivity contribution in [1.82, 2.24) is 0 Å². The van der Waals surface area contributed by atoms with Gasteiger partial charge in [0.15, 0.2) is 6.79 Å². The number of hydrogen-bond donors (Lipinski definition) is 0. The first kappa shape index (κ1) is 21.0. The fraction of sp³-hybridized carbons (Fsp3) is 0.435. The molecule has 0 amide bonds. The maximum absolute atomic E-state index is 12.2. The fourth-order valence-electron chi connectivity index (χ4n) is 2.95. The third-order valence-corrected chi connectivity index (χ3v) is 4.40. The van der Waals surface area contributed by atoms with E-state index in [1.165, 1.54) is 11.1 Å². The average Bonchev–Trinajstić information content (AvgIpc) is 3.00. The number of carbonyl (C=O) groups excluding carboxylic acids is 1. The molecule has 0 radical (unpaired) electrons. The van der Waals surface area contributed by atoms with Gasteiger partial charge < -0.3 is 14.2 Å². The largest absolute Gasteiger partial charge is 0.467 e. The highest BCUT2D eigenvalue weighted by atomic mass is 16.7. The molecule has 0 aliphatic carbocycles. The van der Waals surface area contributed by atoms with Crippen molar-refractivity contribution >= 4 is 5.97 Å². The Balaban J connectivity index is 1.95. The molecule has 0 saturated heterocycles. The molecule has 0 aromatic heterocycles. The van der Waals surface area contributed by atoms with Crippen molar-refractivity contribution in [2.45, 2.75) is 52.6 Å². The zero-order chi connectivity index (χ0) is 19.6. The molecule has 1 aliphatic heterocycles. The second-order valence-electron chi connectivity index (χ2n) is 7.02. The van der Waals surface area contributed by atoms with Crippen LogP contribution in [0.1, 0.15) is 58.1 Å². The van der Waals surface area contributed by atoms with Gasteiger partial charge in [0.2, 0.25) is 0 Å². The minimum Gasteiger partial charge on any atom is -0.467 e. The number of ether oxygens (including phenoxy) is 3. The minimum absolute atomic E-state index is 0.158. The summed E-state index contributed by atoms with van der Waals surface area (Å²) in [6.07, 6.45) is 9.63. The van der Waals surface area contributed by atoms with E-state index in [9.17, 15) is 4.79 Å². The molecule has 0 N–H and O–H groups in total. The van der Waals surface area contributed by atoms with E-state index >= 15 is 0 Å². The summed E-state index contributed by atoms with van der Waals surface area (Å²) in [5.41, 5.74) is 4.28. The van der Waals surface area contributed by atoms with Gasteiger partial charge in [-0.3, -0.25) is 0 Å². The van der Waals surface area contributed by atoms with E-state index in [0.717, 1.165) is 30.4 Å². The van der Waals surface area contributed by atoms with E-state index in [0.29, 0.717) is 12.2 Å². The van der Waals surface area contributed by atoms with Crippen LogP contribution in [0.25, 0.3) is 0 Å². The molecule has 2 rings (SSSR count). The molecule has 0 bridgehead atoms. The van der Waals surface area contributed by atoms with Crippen LogP contribution in [0, 0.1) is 0 Å². The first-order chi connectivity index (χ1) is 13.0. The van der Waals surface area contributed by atoms with Gasteiger partial charge in [-0.15, -0.1) is 0 Å². The highest BCUT2D eigenvalue weighted by molar-refractivity contribution is 5.91. The summed E-state index contributed by atoms with van der Waals surface area (Å²) >= 11 is 0. The Morgan fingerprint density at radius 3 is 2.67 bits per heavy atom. The lowest BCUT2D eigenvalue weighted by molar-refractivity contribution is -0.140. The molecule has 4 heteroatoms. The second-order valence-corrected chi connectivity index (χ2v) is 7.02. The van der Waals surface area contributed by atoms with Crippen LogP contribution in [0.5, 0.6) is 5.75 Å². The maximum atomic E-state index is 12.2. The van der Waals surface area contributed by atoms with E-state index < -0.39 is 6.10 Å². The van der Waals surface area contributed by atoms with Gasteiger partial charge in [-0.2, -0.15) is 0 Å². The standard InChI is InChI=1S/C23H30O4/c1-17(2)9-7-10-18(3)11-8-12-19-15-22(27-23(19)24)20-13-5-6-14-21(20)26-16-25-4/h5-6,9,11,13-15,22H,7-8,10,12,16H2,1-4H3/b18-11+/t22-/m1/s1. The summed E-state index contributed by atoms with van der Waals surface area (Å²) in [4.78, 5) is 12.2. The number of benzene rings is 1. The fourth-order valence-corrected chi connectivity index (χ4v) is 2.95. The van der Waals surface area contributed by atoms with Gasteiger partial charge in [0, 0.05) is 18.2 Å². The highest BCUT2D eigenvalue weighted by Gasteiger charge is 2.28. The number of methoxy groups -OCH3 is 1. The summed E-state index contributed by atoms with van der Waals surface area (Å²) in [7, 11) is 1.57. The summed E-state index contributed by atoms with van der Waals surface area (Å²) < 4.78 is 16.1. The minimum atomic E-state index is -0.400. The molecule has 0 fully saturated rings. The van der Waals surface area contributed by atoms with Crippen molar-refractivity contribution in [3.05, 3.63) is 64.8 Å². The molecule has 1 heterocycles. The van der Waals surface area contributed by atoms with Crippen LogP contribution in [0.3, 0.4) is 0 Å². The molecule has 0 unspecified atom stereocenters. The quantitative estimate of drug-likeness (QED) is 0.302. The summed E-state index contributed by atoms with van der Waals surface area (Å²) in [6.45, 7) is 6.54. The van der Waals surface area contributed by atoms with Crippen molar-refractivity contribution in [2.75, 3.05) is 13.9 Å². The van der Waals surface area contributed by atoms with Crippen molar-refractivity contribution in [1.29, 1.82) is 0 Å². The van der Waals surface area contributed by atoms with E-state index in [1.807, 2.05) is 30.3 Å². The number of rotatable bonds is 10. The van der Waals surface area contributed by atoms with Crippen LogP contribution >= 0.6 is 0 Å². The lowest BCUT2D eigenvalue weighted by atomic mass is 10.0. The van der Waals surface area contributed by atoms with Crippen LogP contribution < -0.4 is 4.74 Å². The van der Waals surface area contributed by atoms with Gasteiger partial charge in [-0.1, -0.05) is 41.5 Å². The van der Waals surface area contributed by atoms with Gasteiger partial charge in [-0.05, 0) is 58.6 Å². The third kappa shape index (κ3) is 6.72. The van der Waals surface area contributed by atoms with Crippen molar-refractivity contribution in [3.63, 3.8) is 0 Å². The van der Waals surface area contributed by atoms with Crippen LogP contribution in [0.4, 0.5) is 0 Å². The summed E-state index contributed by atoms with van der Waals surface area (Å²) in [6, 6.07) is 7.56. The van der Waals surface area contributed by atoms with Crippen molar-refractivity contribution in [3.8, 4) is 5.75 Å². The van der Waals surface area contributed by atoms with E-state index in [1.54, 1.807) is 7.11 Å². The molecule has 1 atom stereocenters. The zero-order valence-corrected chi connectivity index (χ0v) is 16.8. The predicted molar refractivity (Wildman–Crippen MR) is 108 cm³/mol. The molecule has 1 aliphatic rings. The molecule has 0 spiro atoms. The Hall–Kier alpha value is -2.33. The first-order valence-electron chi connectivity index (χ1n) is 9.42. The van der Waals surface area contributed by atoms with Crippen LogP contribution in [0.15, 0.2) is 59.2 Å². The van der Waals surface area contributed by atoms with Gasteiger partial charge in [0.05, 0.1) is 0 Å². The van der Waals surface area contributed by atoms with Gasteiger partial charge in [-0.25, -0.2) is 4.79 Å². The number of para-hydroxylation sites is 1. The number of carbonyl (C=O) groups is 1. The monoisotopic (exact) mass is 370 g/mol. The highest BCUT2D eigenvalue weighted by Crippen LogP contribution is 2.35. The smallest absolute Gasteiger partial charge is 0.334 e. The summed E-state index contributed by atoms with van der Waals surface area (Å²) in [5.74, 6) is 0.432. The molecule has 1 aromatic rings. The van der Waals surface area contributed by atoms with E-state index in [2.05, 4.69) is 32.9 Å². The topological polar surface area (TPSA) is 44.8 Å². The summed E-state index contributed by atoms with van der Waals surface area (Å²) in [5, 5.41) is 0. The molecule has 27 heavy (non-hydrogen) atoms. The van der Waals surface area contributed by atoms with Gasteiger partial charge in [0.25, 0.3) is 0 Å². The lowest BCUT2D eigenvalue weighted by Gasteiger charge is -2.14. The number of cyclic esters (lactones) is 1. The Morgan fingerprint density at radius 2 is 1.93 bits per heavy atom. The Morgan fingerprint density at radius 1 is 1.15 bits per heavy atom. The maximum Gasteiger partial charge on any atom is 0.334 e. The van der Waals surface area contributed by atoms with Crippen molar-refractivity contribution < 1.29 is 19.0 Å². The Kier molecular flexibility index (Phi) is 8.34. The molecule has 1 aromatic carbocycles. The van der Waals surface area contributed by atoms with Crippen molar-refractivity contribution in [2.24, 2.45) is 0 Å². The van der Waals surface area contributed by atoms with Crippen LogP contribution in [-0.4, -0.2) is 19.9 Å². The first-order valence-corrected chi connectivity index (χ1v) is 9.42. The number of hydrogen-bond acceptors (Lipinski definition) is 4. The van der Waals surface area contributed by atoms with E-state index in [4.69, 9.17) is 14.2 Å². The molecule has 146 valence electrons. The Labute approximate surface area is 162 Å². The lowest BCUT2D eigenvalue weighted by Crippen LogP contribution is -2.06. The number of allylic oxidation sites excluding steroid dienone is 4. The van der Waals surface area contributed by atoms with Gasteiger partial charge >= 0.3 is 5.97 Å². The van der Waals surface area contributed by atoms with Crippen LogP contribution in [0.2, 0.25) is 0 Å². The Bertz CT molecular complexity index is 724. The molecule has 0 saturated carbocycles. The molecule has 4 nitrogen and oxygen atoms in total.